The molecule has 6 atom stereocenters. The molecule has 0 saturated heterocycles. The summed E-state index contributed by atoms with van der Waals surface area (Å²) in [5, 5.41) is 0. The van der Waals surface area contributed by atoms with Gasteiger partial charge < -0.3 is 9.47 Å². The van der Waals surface area contributed by atoms with E-state index in [4.69, 9.17) is 9.47 Å². The predicted molar refractivity (Wildman–Crippen MR) is 142 cm³/mol. The van der Waals surface area contributed by atoms with Gasteiger partial charge in [-0.1, -0.05) is 65.2 Å². The Morgan fingerprint density at radius 1 is 1.09 bits per heavy atom. The summed E-state index contributed by atoms with van der Waals surface area (Å²) in [6.45, 7) is 14.6. The molecule has 4 heteroatoms. The number of carbonyl (C=O) groups is 2. The first-order valence-electron chi connectivity index (χ1n) is 13.9. The third kappa shape index (κ3) is 6.89. The maximum atomic E-state index is 11.7. The number of rotatable bonds is 9. The fourth-order valence-corrected chi connectivity index (χ4v) is 7.20. The Kier molecular flexibility index (Phi) is 9.46. The van der Waals surface area contributed by atoms with Gasteiger partial charge in [0.05, 0.1) is 0 Å². The maximum absolute atomic E-state index is 11.7. The molecule has 0 aromatic rings. The molecule has 0 aliphatic heterocycles. The van der Waals surface area contributed by atoms with Crippen molar-refractivity contribution in [2.45, 2.75) is 118 Å². The van der Waals surface area contributed by atoms with Gasteiger partial charge in [0.1, 0.15) is 12.2 Å². The molecular weight excluding hydrogens is 436 g/mol. The zero-order valence-corrected chi connectivity index (χ0v) is 23.2. The SMILES string of the molecule is CC(=O)O[C@@H]1CC(/C=C\C2=CCC[C@]3(C)[C@@H]([C@H](C)CCCC(C)C)CC[C@@H]23)=C(C)[C@@H](OC(C)=O)C1. The summed E-state index contributed by atoms with van der Waals surface area (Å²) >= 11 is 0. The van der Waals surface area contributed by atoms with Gasteiger partial charge in [0.25, 0.3) is 0 Å². The van der Waals surface area contributed by atoms with Crippen LogP contribution in [0.25, 0.3) is 0 Å². The van der Waals surface area contributed by atoms with E-state index in [2.05, 4.69) is 45.9 Å². The van der Waals surface area contributed by atoms with Crippen LogP contribution in [0, 0.1) is 29.1 Å². The van der Waals surface area contributed by atoms with Crippen LogP contribution >= 0.6 is 0 Å². The highest BCUT2D eigenvalue weighted by Gasteiger charge is 2.49. The largest absolute Gasteiger partial charge is 0.462 e. The Bertz CT molecular complexity index is 863. The lowest BCUT2D eigenvalue weighted by atomic mass is 9.62. The fraction of sp³-hybridized carbons (Fsp3) is 0.742. The number of ether oxygens (including phenoxy) is 2. The Hall–Kier alpha value is -1.84. The van der Waals surface area contributed by atoms with E-state index in [9.17, 15) is 9.59 Å². The third-order valence-corrected chi connectivity index (χ3v) is 9.03. The van der Waals surface area contributed by atoms with Crippen LogP contribution in [0.3, 0.4) is 0 Å². The van der Waals surface area contributed by atoms with Crippen molar-refractivity contribution >= 4 is 11.9 Å². The van der Waals surface area contributed by atoms with Gasteiger partial charge in [-0.05, 0) is 78.4 Å². The van der Waals surface area contributed by atoms with Crippen LogP contribution in [0.5, 0.6) is 0 Å². The minimum Gasteiger partial charge on any atom is -0.462 e. The topological polar surface area (TPSA) is 52.6 Å². The van der Waals surface area contributed by atoms with Gasteiger partial charge in [0.2, 0.25) is 0 Å². The molecule has 0 spiro atoms. The van der Waals surface area contributed by atoms with Crippen molar-refractivity contribution in [3.8, 4) is 0 Å². The lowest BCUT2D eigenvalue weighted by Crippen LogP contribution is -2.35. The molecule has 3 aliphatic carbocycles. The molecular formula is C31H48O4. The Labute approximate surface area is 213 Å². The molecule has 0 unspecified atom stereocenters. The molecule has 35 heavy (non-hydrogen) atoms. The smallest absolute Gasteiger partial charge is 0.303 e. The van der Waals surface area contributed by atoms with Gasteiger partial charge in [-0.25, -0.2) is 0 Å². The van der Waals surface area contributed by atoms with Crippen molar-refractivity contribution in [3.05, 3.63) is 34.9 Å². The van der Waals surface area contributed by atoms with Crippen molar-refractivity contribution in [1.29, 1.82) is 0 Å². The van der Waals surface area contributed by atoms with Gasteiger partial charge >= 0.3 is 11.9 Å². The zero-order valence-electron chi connectivity index (χ0n) is 23.2. The Balaban J connectivity index is 1.75. The molecule has 4 nitrogen and oxygen atoms in total. The quantitative estimate of drug-likeness (QED) is 0.314. The van der Waals surface area contributed by atoms with Crippen LogP contribution in [0.2, 0.25) is 0 Å². The first-order valence-corrected chi connectivity index (χ1v) is 13.9. The number of fused-ring (bicyclic) bond motifs is 1. The summed E-state index contributed by atoms with van der Waals surface area (Å²) in [6, 6.07) is 0. The first-order chi connectivity index (χ1) is 16.5. The molecule has 0 aromatic heterocycles. The zero-order chi connectivity index (χ0) is 25.8. The standard InChI is InChI=1S/C31H48O4/c1-20(2)10-8-11-21(3)28-15-16-29-25(12-9-17-31(28,29)7)13-14-26-18-27(34-23(5)32)19-30(22(26)4)35-24(6)33/h12-14,20-21,27-30H,8-11,15-19H2,1-7H3/b14-13-/t21-,27-,28-,29+,30+,31-/m1/s1. The number of hydrogen-bond donors (Lipinski definition) is 0. The normalized spacial score (nSPS) is 31.9. The summed E-state index contributed by atoms with van der Waals surface area (Å²) in [6.07, 6.45) is 16.6. The average molecular weight is 485 g/mol. The average Bonchev–Trinajstić information content (AvgIpc) is 3.11. The van der Waals surface area contributed by atoms with Crippen LogP contribution in [-0.2, 0) is 19.1 Å². The first kappa shape index (κ1) is 27.7. The lowest BCUT2D eigenvalue weighted by molar-refractivity contribution is -0.151. The van der Waals surface area contributed by atoms with E-state index < -0.39 is 0 Å². The number of carbonyl (C=O) groups excluding carboxylic acids is 2. The van der Waals surface area contributed by atoms with Crippen molar-refractivity contribution in [1.82, 2.24) is 0 Å². The van der Waals surface area contributed by atoms with Crippen molar-refractivity contribution in [2.75, 3.05) is 0 Å². The van der Waals surface area contributed by atoms with E-state index >= 15 is 0 Å². The van der Waals surface area contributed by atoms with E-state index in [1.165, 1.54) is 57.9 Å². The minimum absolute atomic E-state index is 0.256. The van der Waals surface area contributed by atoms with Crippen LogP contribution in [0.1, 0.15) is 106 Å². The van der Waals surface area contributed by atoms with E-state index in [0.717, 1.165) is 35.3 Å². The molecule has 3 aliphatic rings. The van der Waals surface area contributed by atoms with Gasteiger partial charge in [-0.2, -0.15) is 0 Å². The van der Waals surface area contributed by atoms with E-state index in [1.807, 2.05) is 6.92 Å². The summed E-state index contributed by atoms with van der Waals surface area (Å²) < 4.78 is 11.1. The van der Waals surface area contributed by atoms with Crippen LogP contribution < -0.4 is 0 Å². The van der Waals surface area contributed by atoms with Crippen LogP contribution in [-0.4, -0.2) is 24.1 Å². The molecule has 0 bridgehead atoms. The molecule has 0 radical (unpaired) electrons. The number of hydrogen-bond acceptors (Lipinski definition) is 4. The minimum atomic E-state index is -0.335. The second-order valence-corrected chi connectivity index (χ2v) is 12.1. The highest BCUT2D eigenvalue weighted by molar-refractivity contribution is 5.67. The van der Waals surface area contributed by atoms with E-state index in [1.54, 1.807) is 0 Å². The van der Waals surface area contributed by atoms with Crippen LogP contribution in [0.4, 0.5) is 0 Å². The summed E-state index contributed by atoms with van der Waals surface area (Å²) in [5.74, 6) is 2.40. The van der Waals surface area contributed by atoms with Gasteiger partial charge in [0, 0.05) is 26.7 Å². The van der Waals surface area contributed by atoms with E-state index in [-0.39, 0.29) is 24.1 Å². The molecule has 3 rings (SSSR count). The van der Waals surface area contributed by atoms with E-state index in [0.29, 0.717) is 24.2 Å². The Morgan fingerprint density at radius 2 is 1.80 bits per heavy atom. The molecule has 0 heterocycles. The lowest BCUT2D eigenvalue weighted by Gasteiger charge is -2.43. The molecule has 0 amide bonds. The Morgan fingerprint density at radius 3 is 2.46 bits per heavy atom. The molecule has 0 aromatic carbocycles. The summed E-state index contributed by atoms with van der Waals surface area (Å²) in [5.41, 5.74) is 4.04. The maximum Gasteiger partial charge on any atom is 0.303 e. The monoisotopic (exact) mass is 484 g/mol. The summed E-state index contributed by atoms with van der Waals surface area (Å²) in [7, 11) is 0. The second kappa shape index (κ2) is 11.9. The number of allylic oxidation sites excluding steroid dienone is 4. The highest BCUT2D eigenvalue weighted by Crippen LogP contribution is 2.58. The predicted octanol–water partition coefficient (Wildman–Crippen LogP) is 7.73. The second-order valence-electron chi connectivity index (χ2n) is 12.1. The van der Waals surface area contributed by atoms with Gasteiger partial charge in [-0.3, -0.25) is 9.59 Å². The van der Waals surface area contributed by atoms with Crippen molar-refractivity contribution < 1.29 is 19.1 Å². The van der Waals surface area contributed by atoms with Gasteiger partial charge in [-0.15, -0.1) is 0 Å². The van der Waals surface area contributed by atoms with Crippen LogP contribution in [0.15, 0.2) is 34.9 Å². The fourth-order valence-electron chi connectivity index (χ4n) is 7.20. The molecule has 1 fully saturated rings. The molecule has 0 N–H and O–H groups in total. The number of esters is 2. The van der Waals surface area contributed by atoms with Crippen molar-refractivity contribution in [2.24, 2.45) is 29.1 Å². The van der Waals surface area contributed by atoms with Gasteiger partial charge in [0.15, 0.2) is 0 Å². The summed E-state index contributed by atoms with van der Waals surface area (Å²) in [4.78, 5) is 23.3. The van der Waals surface area contributed by atoms with Crippen molar-refractivity contribution in [3.63, 3.8) is 0 Å². The third-order valence-electron chi connectivity index (χ3n) is 9.03. The molecule has 1 saturated carbocycles. The highest BCUT2D eigenvalue weighted by atomic mass is 16.6. The molecule has 196 valence electrons.